The van der Waals surface area contributed by atoms with E-state index in [-0.39, 0.29) is 5.91 Å². The Morgan fingerprint density at radius 1 is 1.38 bits per heavy atom. The van der Waals surface area contributed by atoms with E-state index in [2.05, 4.69) is 0 Å². The molecule has 1 aromatic carbocycles. The van der Waals surface area contributed by atoms with E-state index < -0.39 is 15.2 Å². The number of nitrogen functional groups attached to an aromatic ring is 1. The normalized spacial score (nSPS) is 19.9. The van der Waals surface area contributed by atoms with Crippen LogP contribution >= 0.6 is 11.8 Å². The summed E-state index contributed by atoms with van der Waals surface area (Å²) >= 11 is 1.56. The molecule has 1 heterocycles. The van der Waals surface area contributed by atoms with Gasteiger partial charge in [-0.1, -0.05) is 12.1 Å². The van der Waals surface area contributed by atoms with Crippen molar-refractivity contribution in [2.45, 2.75) is 5.37 Å². The van der Waals surface area contributed by atoms with Crippen molar-refractivity contribution < 1.29 is 13.2 Å². The second kappa shape index (κ2) is 6.53. The van der Waals surface area contributed by atoms with Gasteiger partial charge in [-0.2, -0.15) is 11.8 Å². The van der Waals surface area contributed by atoms with E-state index in [1.54, 1.807) is 42.1 Å². The molecule has 0 radical (unpaired) electrons. The second-order valence-corrected chi connectivity index (χ2v) is 8.24. The quantitative estimate of drug-likeness (QED) is 0.667. The maximum atomic E-state index is 12.2. The number of hydrogen-bond acceptors (Lipinski definition) is 5. The summed E-state index contributed by atoms with van der Waals surface area (Å²) in [6.45, 7) is 0.452. The van der Waals surface area contributed by atoms with Crippen LogP contribution in [0.2, 0.25) is 0 Å². The zero-order valence-electron chi connectivity index (χ0n) is 11.7. The predicted molar refractivity (Wildman–Crippen MR) is 87.6 cm³/mol. The zero-order chi connectivity index (χ0) is 15.5. The minimum absolute atomic E-state index is 0.275. The number of anilines is 1. The molecule has 1 unspecified atom stereocenters. The highest BCUT2D eigenvalue weighted by Gasteiger charge is 2.33. The van der Waals surface area contributed by atoms with E-state index in [0.29, 0.717) is 18.0 Å². The Bertz CT molecular complexity index is 639. The number of rotatable bonds is 3. The highest BCUT2D eigenvalue weighted by atomic mass is 32.2. The number of benzene rings is 1. The van der Waals surface area contributed by atoms with Crippen LogP contribution in [0.4, 0.5) is 5.69 Å². The van der Waals surface area contributed by atoms with Gasteiger partial charge in [0.1, 0.15) is 5.37 Å². The Kier molecular flexibility index (Phi) is 4.95. The first kappa shape index (κ1) is 15.9. The van der Waals surface area contributed by atoms with Crippen molar-refractivity contribution in [3.05, 3.63) is 35.9 Å². The van der Waals surface area contributed by atoms with Crippen LogP contribution in [0.1, 0.15) is 5.56 Å². The van der Waals surface area contributed by atoms with Gasteiger partial charge < -0.3 is 10.6 Å². The summed E-state index contributed by atoms with van der Waals surface area (Å²) in [7, 11) is -3.27. The number of amides is 1. The first-order valence-electron chi connectivity index (χ1n) is 6.49. The third-order valence-electron chi connectivity index (χ3n) is 3.22. The molecule has 0 saturated carbocycles. The molecule has 0 aromatic heterocycles. The second-order valence-electron chi connectivity index (χ2n) is 4.89. The molecule has 5 nitrogen and oxygen atoms in total. The summed E-state index contributed by atoms with van der Waals surface area (Å²) in [6.07, 6.45) is 4.26. The van der Waals surface area contributed by atoms with Crippen molar-refractivity contribution in [2.24, 2.45) is 0 Å². The standard InChI is InChI=1S/C14H18N2O3S2/c1-21(18,19)14-10-20-9-8-16(14)13(17)7-4-11-2-5-12(15)6-3-11/h2-7,14H,8-10,15H2,1H3/b7-4+. The lowest BCUT2D eigenvalue weighted by Crippen LogP contribution is -2.49. The number of nitrogens with two attached hydrogens (primary N) is 1. The number of carbonyl (C=O) groups excluding carboxylic acids is 1. The van der Waals surface area contributed by atoms with E-state index in [1.807, 2.05) is 0 Å². The fraction of sp³-hybridized carbons (Fsp3) is 0.357. The molecule has 114 valence electrons. The minimum atomic E-state index is -3.27. The number of carbonyl (C=O) groups is 1. The van der Waals surface area contributed by atoms with Gasteiger partial charge in [0, 0.05) is 36.1 Å². The van der Waals surface area contributed by atoms with Gasteiger partial charge >= 0.3 is 0 Å². The lowest BCUT2D eigenvalue weighted by atomic mass is 10.2. The third kappa shape index (κ3) is 4.25. The highest BCUT2D eigenvalue weighted by Crippen LogP contribution is 2.21. The van der Waals surface area contributed by atoms with Gasteiger partial charge in [-0.3, -0.25) is 4.79 Å². The average Bonchev–Trinajstić information content (AvgIpc) is 2.45. The molecule has 1 saturated heterocycles. The van der Waals surface area contributed by atoms with E-state index in [1.165, 1.54) is 17.2 Å². The lowest BCUT2D eigenvalue weighted by molar-refractivity contribution is -0.126. The molecular formula is C14H18N2O3S2. The lowest BCUT2D eigenvalue weighted by Gasteiger charge is -2.33. The Morgan fingerprint density at radius 2 is 2.05 bits per heavy atom. The summed E-state index contributed by atoms with van der Waals surface area (Å²) in [5.74, 6) is 0.913. The molecule has 0 bridgehead atoms. The molecule has 7 heteroatoms. The van der Waals surface area contributed by atoms with Crippen LogP contribution in [0.3, 0.4) is 0 Å². The van der Waals surface area contributed by atoms with Crippen LogP contribution < -0.4 is 5.73 Å². The Morgan fingerprint density at radius 3 is 2.67 bits per heavy atom. The van der Waals surface area contributed by atoms with E-state index in [4.69, 9.17) is 5.73 Å². The molecule has 2 rings (SSSR count). The molecule has 2 N–H and O–H groups in total. The van der Waals surface area contributed by atoms with Crippen LogP contribution in [-0.2, 0) is 14.6 Å². The van der Waals surface area contributed by atoms with Gasteiger partial charge in [-0.05, 0) is 23.8 Å². The Hall–Kier alpha value is -1.47. The predicted octanol–water partition coefficient (Wildman–Crippen LogP) is 1.23. The van der Waals surface area contributed by atoms with Crippen molar-refractivity contribution in [3.8, 4) is 0 Å². The van der Waals surface area contributed by atoms with Gasteiger partial charge in [0.2, 0.25) is 5.91 Å². The van der Waals surface area contributed by atoms with E-state index in [9.17, 15) is 13.2 Å². The van der Waals surface area contributed by atoms with Crippen molar-refractivity contribution in [3.63, 3.8) is 0 Å². The van der Waals surface area contributed by atoms with Gasteiger partial charge in [0.15, 0.2) is 9.84 Å². The van der Waals surface area contributed by atoms with E-state index >= 15 is 0 Å². The van der Waals surface area contributed by atoms with Crippen molar-refractivity contribution >= 4 is 39.3 Å². The van der Waals surface area contributed by atoms with Crippen molar-refractivity contribution in [1.82, 2.24) is 4.90 Å². The molecule has 1 aromatic rings. The molecule has 1 atom stereocenters. The molecular weight excluding hydrogens is 308 g/mol. The fourth-order valence-electron chi connectivity index (χ4n) is 2.06. The van der Waals surface area contributed by atoms with Crippen LogP contribution in [0.15, 0.2) is 30.3 Å². The SMILES string of the molecule is CS(=O)(=O)C1CSCCN1C(=O)/C=C/c1ccc(N)cc1. The first-order chi connectivity index (χ1) is 9.88. The summed E-state index contributed by atoms with van der Waals surface area (Å²) < 4.78 is 23.5. The largest absolute Gasteiger partial charge is 0.399 e. The first-order valence-corrected chi connectivity index (χ1v) is 9.60. The summed E-state index contributed by atoms with van der Waals surface area (Å²) in [4.78, 5) is 13.7. The molecule has 1 fully saturated rings. The van der Waals surface area contributed by atoms with Gasteiger partial charge in [-0.15, -0.1) is 0 Å². The summed E-state index contributed by atoms with van der Waals surface area (Å²) in [5.41, 5.74) is 7.10. The van der Waals surface area contributed by atoms with Crippen LogP contribution in [0.5, 0.6) is 0 Å². The molecule has 1 aliphatic rings. The molecule has 21 heavy (non-hydrogen) atoms. The number of thioether (sulfide) groups is 1. The Labute approximate surface area is 129 Å². The number of hydrogen-bond donors (Lipinski definition) is 1. The van der Waals surface area contributed by atoms with Gasteiger partial charge in [0.25, 0.3) is 0 Å². The highest BCUT2D eigenvalue weighted by molar-refractivity contribution is 8.00. The molecule has 1 aliphatic heterocycles. The van der Waals surface area contributed by atoms with Gasteiger partial charge in [-0.25, -0.2) is 8.42 Å². The smallest absolute Gasteiger partial charge is 0.247 e. The number of sulfone groups is 1. The Balaban J connectivity index is 2.12. The van der Waals surface area contributed by atoms with Crippen molar-refractivity contribution in [2.75, 3.05) is 30.0 Å². The van der Waals surface area contributed by atoms with Gasteiger partial charge in [0.05, 0.1) is 0 Å². The van der Waals surface area contributed by atoms with Crippen molar-refractivity contribution in [1.29, 1.82) is 0 Å². The van der Waals surface area contributed by atoms with Crippen LogP contribution in [0, 0.1) is 0 Å². The molecule has 1 amide bonds. The minimum Gasteiger partial charge on any atom is -0.399 e. The third-order valence-corrected chi connectivity index (χ3v) is 5.86. The summed E-state index contributed by atoms with van der Waals surface area (Å²) in [6, 6.07) is 7.11. The fourth-order valence-corrected chi connectivity index (χ4v) is 4.88. The van der Waals surface area contributed by atoms with Crippen LogP contribution in [0.25, 0.3) is 6.08 Å². The zero-order valence-corrected chi connectivity index (χ0v) is 13.4. The topological polar surface area (TPSA) is 80.5 Å². The van der Waals surface area contributed by atoms with Crippen LogP contribution in [-0.4, -0.2) is 48.9 Å². The number of nitrogens with zero attached hydrogens (tertiary/aromatic N) is 1. The van der Waals surface area contributed by atoms with E-state index in [0.717, 1.165) is 11.3 Å². The molecule has 0 aliphatic carbocycles. The monoisotopic (exact) mass is 326 g/mol. The maximum absolute atomic E-state index is 12.2. The summed E-state index contributed by atoms with van der Waals surface area (Å²) in [5, 5.41) is -0.736. The average molecular weight is 326 g/mol. The molecule has 0 spiro atoms. The maximum Gasteiger partial charge on any atom is 0.247 e.